The number of ketones is 1. The van der Waals surface area contributed by atoms with Crippen LogP contribution in [0.1, 0.15) is 18.9 Å². The Morgan fingerprint density at radius 2 is 2.20 bits per heavy atom. The summed E-state index contributed by atoms with van der Waals surface area (Å²) in [7, 11) is 1.85. The molecule has 0 fully saturated rings. The predicted octanol–water partition coefficient (Wildman–Crippen LogP) is 2.02. The van der Waals surface area contributed by atoms with E-state index in [1.165, 1.54) is 5.56 Å². The van der Waals surface area contributed by atoms with Gasteiger partial charge in [-0.05, 0) is 25.0 Å². The highest BCUT2D eigenvalue weighted by Gasteiger charge is 2.03. The molecule has 1 aromatic carbocycles. The summed E-state index contributed by atoms with van der Waals surface area (Å²) in [6.07, 6.45) is 3.20. The molecule has 5 nitrogen and oxygen atoms in total. The number of nitrogens with zero attached hydrogens (tertiary/aromatic N) is 3. The number of hydrogen-bond acceptors (Lipinski definition) is 4. The lowest BCUT2D eigenvalue weighted by Crippen LogP contribution is -2.03. The van der Waals surface area contributed by atoms with E-state index in [-0.39, 0.29) is 5.78 Å². The molecule has 2 rings (SSSR count). The largest absolute Gasteiger partial charge is 0.381 e. The Kier molecular flexibility index (Phi) is 5.01. The van der Waals surface area contributed by atoms with Crippen LogP contribution >= 0.6 is 0 Å². The summed E-state index contributed by atoms with van der Waals surface area (Å²) in [4.78, 5) is 10.8. The zero-order valence-electron chi connectivity index (χ0n) is 11.9. The summed E-state index contributed by atoms with van der Waals surface area (Å²) in [6.45, 7) is 2.70. The topological polar surface area (TPSA) is 57.0 Å². The van der Waals surface area contributed by atoms with Crippen molar-refractivity contribution >= 4 is 5.78 Å². The molecule has 0 unspecified atom stereocenters. The summed E-state index contributed by atoms with van der Waals surface area (Å²) in [6, 6.07) is 8.19. The fourth-order valence-corrected chi connectivity index (χ4v) is 1.87. The minimum Gasteiger partial charge on any atom is -0.381 e. The molecule has 0 saturated carbocycles. The van der Waals surface area contributed by atoms with Crippen LogP contribution in [0.3, 0.4) is 0 Å². The monoisotopic (exact) mass is 273 g/mol. The summed E-state index contributed by atoms with van der Waals surface area (Å²) in [5.41, 5.74) is 3.11. The molecule has 0 radical (unpaired) electrons. The van der Waals surface area contributed by atoms with E-state index >= 15 is 0 Å². The highest BCUT2D eigenvalue weighted by molar-refractivity contribution is 5.75. The molecule has 0 aliphatic carbocycles. The Morgan fingerprint density at radius 1 is 1.35 bits per heavy atom. The highest BCUT2D eigenvalue weighted by atomic mass is 16.5. The number of aryl methyl sites for hydroxylation is 1. The molecule has 0 amide bonds. The van der Waals surface area contributed by atoms with Crippen molar-refractivity contribution < 1.29 is 9.53 Å². The smallest absolute Gasteiger partial charge is 0.132 e. The Hall–Kier alpha value is -2.01. The van der Waals surface area contributed by atoms with Gasteiger partial charge in [0.25, 0.3) is 0 Å². The maximum atomic E-state index is 10.8. The van der Waals surface area contributed by atoms with Crippen molar-refractivity contribution in [3.63, 3.8) is 0 Å². The van der Waals surface area contributed by atoms with Crippen molar-refractivity contribution in [1.29, 1.82) is 0 Å². The van der Waals surface area contributed by atoms with E-state index in [1.807, 2.05) is 25.4 Å². The average Bonchev–Trinajstić information content (AvgIpc) is 2.85. The van der Waals surface area contributed by atoms with Gasteiger partial charge in [0.05, 0.1) is 19.4 Å². The Labute approximate surface area is 118 Å². The van der Waals surface area contributed by atoms with E-state index in [4.69, 9.17) is 4.74 Å². The molecule has 0 bridgehead atoms. The number of carbonyl (C=O) groups excluding carboxylic acids is 1. The van der Waals surface area contributed by atoms with Crippen LogP contribution in [-0.4, -0.2) is 34.0 Å². The van der Waals surface area contributed by atoms with Gasteiger partial charge in [-0.15, -0.1) is 5.10 Å². The van der Waals surface area contributed by atoms with E-state index in [0.717, 1.165) is 17.7 Å². The predicted molar refractivity (Wildman–Crippen MR) is 76.3 cm³/mol. The van der Waals surface area contributed by atoms with E-state index in [1.54, 1.807) is 11.6 Å². The van der Waals surface area contributed by atoms with E-state index in [2.05, 4.69) is 22.4 Å². The summed E-state index contributed by atoms with van der Waals surface area (Å²) >= 11 is 0. The molecular formula is C15H19N3O2. The van der Waals surface area contributed by atoms with Crippen LogP contribution in [0.25, 0.3) is 11.3 Å². The fourth-order valence-electron chi connectivity index (χ4n) is 1.87. The van der Waals surface area contributed by atoms with Gasteiger partial charge in [0.2, 0.25) is 0 Å². The van der Waals surface area contributed by atoms with Crippen molar-refractivity contribution in [3.05, 3.63) is 36.0 Å². The number of Topliss-reactive ketones (excluding diaryl/α,β-unsaturated/α-hetero) is 1. The average molecular weight is 273 g/mol. The number of carbonyl (C=O) groups is 1. The second-order valence-corrected chi connectivity index (χ2v) is 4.79. The first-order valence-electron chi connectivity index (χ1n) is 6.68. The number of ether oxygens (including phenoxy) is 1. The molecule has 0 aliphatic rings. The number of hydrogen-bond donors (Lipinski definition) is 0. The first-order chi connectivity index (χ1) is 9.65. The Balaban J connectivity index is 1.88. The third-order valence-corrected chi connectivity index (χ3v) is 2.96. The third kappa shape index (κ3) is 4.28. The van der Waals surface area contributed by atoms with Gasteiger partial charge < -0.3 is 4.74 Å². The van der Waals surface area contributed by atoms with Crippen LogP contribution in [0.5, 0.6) is 0 Å². The Bertz CT molecular complexity index is 578. The molecule has 106 valence electrons. The van der Waals surface area contributed by atoms with Gasteiger partial charge >= 0.3 is 0 Å². The van der Waals surface area contributed by atoms with Gasteiger partial charge in [-0.2, -0.15) is 0 Å². The van der Waals surface area contributed by atoms with Crippen LogP contribution in [0.15, 0.2) is 30.5 Å². The van der Waals surface area contributed by atoms with Crippen molar-refractivity contribution in [2.45, 2.75) is 19.8 Å². The van der Waals surface area contributed by atoms with Crippen molar-refractivity contribution in [2.75, 3.05) is 13.2 Å². The van der Waals surface area contributed by atoms with Crippen LogP contribution in [0, 0.1) is 0 Å². The zero-order chi connectivity index (χ0) is 14.4. The molecular weight excluding hydrogens is 254 g/mol. The molecule has 2 aromatic rings. The molecule has 0 spiro atoms. The Morgan fingerprint density at radius 3 is 2.90 bits per heavy atom. The molecule has 1 aromatic heterocycles. The van der Waals surface area contributed by atoms with Crippen LogP contribution in [-0.2, 0) is 23.0 Å². The lowest BCUT2D eigenvalue weighted by Gasteiger charge is -2.04. The van der Waals surface area contributed by atoms with Gasteiger partial charge in [-0.25, -0.2) is 0 Å². The molecule has 0 N–H and O–H groups in total. The second kappa shape index (κ2) is 6.96. The standard InChI is InChI=1S/C15H19N3O2/c1-12(19)6-8-20-9-7-13-4-3-5-14(10-13)15-11-18(2)17-16-15/h3-5,10-11H,6-9H2,1-2H3. The van der Waals surface area contributed by atoms with Crippen LogP contribution < -0.4 is 0 Å². The maximum Gasteiger partial charge on any atom is 0.132 e. The fraction of sp³-hybridized carbons (Fsp3) is 0.400. The van der Waals surface area contributed by atoms with E-state index < -0.39 is 0 Å². The minimum absolute atomic E-state index is 0.162. The van der Waals surface area contributed by atoms with E-state index in [9.17, 15) is 4.79 Å². The van der Waals surface area contributed by atoms with E-state index in [0.29, 0.717) is 19.6 Å². The molecule has 0 saturated heterocycles. The first kappa shape index (κ1) is 14.4. The van der Waals surface area contributed by atoms with Crippen LogP contribution in [0.2, 0.25) is 0 Å². The number of rotatable bonds is 7. The molecule has 0 atom stereocenters. The number of aromatic nitrogens is 3. The number of benzene rings is 1. The lowest BCUT2D eigenvalue weighted by atomic mass is 10.1. The zero-order valence-corrected chi connectivity index (χ0v) is 11.9. The highest BCUT2D eigenvalue weighted by Crippen LogP contribution is 2.17. The van der Waals surface area contributed by atoms with Gasteiger partial charge in [0, 0.05) is 19.0 Å². The quantitative estimate of drug-likeness (QED) is 0.724. The van der Waals surface area contributed by atoms with Crippen molar-refractivity contribution in [2.24, 2.45) is 7.05 Å². The molecule has 20 heavy (non-hydrogen) atoms. The van der Waals surface area contributed by atoms with Crippen LogP contribution in [0.4, 0.5) is 0 Å². The lowest BCUT2D eigenvalue weighted by molar-refractivity contribution is -0.118. The van der Waals surface area contributed by atoms with Crippen molar-refractivity contribution in [1.82, 2.24) is 15.0 Å². The molecule has 5 heteroatoms. The van der Waals surface area contributed by atoms with Gasteiger partial charge in [0.15, 0.2) is 0 Å². The first-order valence-corrected chi connectivity index (χ1v) is 6.68. The molecule has 0 aliphatic heterocycles. The summed E-state index contributed by atoms with van der Waals surface area (Å²) < 4.78 is 7.13. The maximum absolute atomic E-state index is 10.8. The van der Waals surface area contributed by atoms with Crippen molar-refractivity contribution in [3.8, 4) is 11.3 Å². The summed E-state index contributed by atoms with van der Waals surface area (Å²) in [5.74, 6) is 0.162. The van der Waals surface area contributed by atoms with Gasteiger partial charge in [-0.3, -0.25) is 9.48 Å². The van der Waals surface area contributed by atoms with Gasteiger partial charge in [-0.1, -0.05) is 23.4 Å². The minimum atomic E-state index is 0.162. The summed E-state index contributed by atoms with van der Waals surface area (Å²) in [5, 5.41) is 8.04. The third-order valence-electron chi connectivity index (χ3n) is 2.96. The molecule has 1 heterocycles. The SMILES string of the molecule is CC(=O)CCOCCc1cccc(-c2cn(C)nn2)c1. The normalized spacial score (nSPS) is 10.7. The second-order valence-electron chi connectivity index (χ2n) is 4.79. The van der Waals surface area contributed by atoms with Gasteiger partial charge in [0.1, 0.15) is 11.5 Å².